The first-order chi connectivity index (χ1) is 11.3. The van der Waals surface area contributed by atoms with Crippen LogP contribution in [0.1, 0.15) is 30.1 Å². The molecule has 0 radical (unpaired) electrons. The zero-order valence-electron chi connectivity index (χ0n) is 14.1. The Morgan fingerprint density at radius 1 is 1.29 bits per heavy atom. The second-order valence-corrected chi connectivity index (χ2v) is 6.05. The van der Waals surface area contributed by atoms with Crippen LogP contribution in [0.5, 0.6) is 5.75 Å². The van der Waals surface area contributed by atoms with Gasteiger partial charge in [-0.25, -0.2) is 0 Å². The molecule has 1 aliphatic rings. The lowest BCUT2D eigenvalue weighted by molar-refractivity contribution is -0.137. The van der Waals surface area contributed by atoms with E-state index in [2.05, 4.69) is 0 Å². The van der Waals surface area contributed by atoms with E-state index in [-0.39, 0.29) is 24.5 Å². The standard InChI is InChI=1S/C17H22N2O5/c1-11-17(23)19(9-8-18(2)3)13-10-12(4-6-15(13)24-11)14(20)5-7-16(21)22/h4,6,10-11H,5,7-9H2,1-3H3,(H,21,22). The van der Waals surface area contributed by atoms with Crippen LogP contribution < -0.4 is 9.64 Å². The lowest BCUT2D eigenvalue weighted by atomic mass is 10.0. The summed E-state index contributed by atoms with van der Waals surface area (Å²) in [5, 5.41) is 8.70. The Hall–Kier alpha value is -2.41. The molecule has 1 aliphatic heterocycles. The van der Waals surface area contributed by atoms with Crippen LogP contribution in [0.3, 0.4) is 0 Å². The average molecular weight is 334 g/mol. The molecule has 1 atom stereocenters. The molecule has 0 aromatic heterocycles. The van der Waals surface area contributed by atoms with Gasteiger partial charge >= 0.3 is 5.97 Å². The summed E-state index contributed by atoms with van der Waals surface area (Å²) in [6, 6.07) is 4.88. The fourth-order valence-corrected chi connectivity index (χ4v) is 2.48. The highest BCUT2D eigenvalue weighted by molar-refractivity contribution is 6.03. The number of rotatable bonds is 7. The summed E-state index contributed by atoms with van der Waals surface area (Å²) in [4.78, 5) is 38.8. The molecular weight excluding hydrogens is 312 g/mol. The van der Waals surface area contributed by atoms with Crippen molar-refractivity contribution in [1.82, 2.24) is 4.90 Å². The van der Waals surface area contributed by atoms with Crippen LogP contribution in [0.15, 0.2) is 18.2 Å². The number of anilines is 1. The highest BCUT2D eigenvalue weighted by Gasteiger charge is 2.31. The van der Waals surface area contributed by atoms with Gasteiger partial charge in [-0.3, -0.25) is 14.4 Å². The van der Waals surface area contributed by atoms with Gasteiger partial charge in [-0.15, -0.1) is 0 Å². The normalized spacial score (nSPS) is 16.8. The van der Waals surface area contributed by atoms with Crippen molar-refractivity contribution in [2.75, 3.05) is 32.1 Å². The molecule has 1 heterocycles. The Balaban J connectivity index is 2.28. The van der Waals surface area contributed by atoms with Gasteiger partial charge in [0.15, 0.2) is 11.9 Å². The molecule has 0 saturated heterocycles. The highest BCUT2D eigenvalue weighted by Crippen LogP contribution is 2.35. The van der Waals surface area contributed by atoms with E-state index in [0.717, 1.165) is 0 Å². The Labute approximate surface area is 140 Å². The number of ketones is 1. The van der Waals surface area contributed by atoms with E-state index >= 15 is 0 Å². The van der Waals surface area contributed by atoms with E-state index in [1.54, 1.807) is 30.0 Å². The molecule has 1 unspecified atom stereocenters. The molecule has 0 spiro atoms. The van der Waals surface area contributed by atoms with E-state index in [4.69, 9.17) is 9.84 Å². The molecule has 0 saturated carbocycles. The third kappa shape index (κ3) is 4.11. The third-order valence-electron chi connectivity index (χ3n) is 3.83. The molecule has 1 aromatic rings. The number of hydrogen-bond donors (Lipinski definition) is 1. The van der Waals surface area contributed by atoms with Gasteiger partial charge in [-0.05, 0) is 39.2 Å². The molecular formula is C17H22N2O5. The van der Waals surface area contributed by atoms with Crippen LogP contribution in [0.4, 0.5) is 5.69 Å². The molecule has 7 heteroatoms. The van der Waals surface area contributed by atoms with Crippen molar-refractivity contribution in [3.05, 3.63) is 23.8 Å². The molecule has 1 aromatic carbocycles. The van der Waals surface area contributed by atoms with Crippen LogP contribution in [0, 0.1) is 0 Å². The molecule has 2 rings (SSSR count). The van der Waals surface area contributed by atoms with Crippen molar-refractivity contribution < 1.29 is 24.2 Å². The monoisotopic (exact) mass is 334 g/mol. The largest absolute Gasteiger partial charge is 0.481 e. The van der Waals surface area contributed by atoms with E-state index in [9.17, 15) is 14.4 Å². The number of fused-ring (bicyclic) bond motifs is 1. The van der Waals surface area contributed by atoms with E-state index in [0.29, 0.717) is 30.1 Å². The maximum absolute atomic E-state index is 12.4. The summed E-state index contributed by atoms with van der Waals surface area (Å²) in [5.74, 6) is -0.879. The smallest absolute Gasteiger partial charge is 0.303 e. The van der Waals surface area contributed by atoms with E-state index in [1.165, 1.54) is 0 Å². The van der Waals surface area contributed by atoms with Crippen LogP contribution in [0.25, 0.3) is 0 Å². The third-order valence-corrected chi connectivity index (χ3v) is 3.83. The number of carbonyl (C=O) groups is 3. The second-order valence-electron chi connectivity index (χ2n) is 6.05. The number of benzene rings is 1. The molecule has 0 bridgehead atoms. The minimum absolute atomic E-state index is 0.0724. The second kappa shape index (κ2) is 7.44. The average Bonchev–Trinajstić information content (AvgIpc) is 2.52. The van der Waals surface area contributed by atoms with E-state index in [1.807, 2.05) is 19.0 Å². The summed E-state index contributed by atoms with van der Waals surface area (Å²) >= 11 is 0. The number of carbonyl (C=O) groups excluding carboxylic acids is 2. The molecule has 7 nitrogen and oxygen atoms in total. The number of aliphatic carboxylic acids is 1. The van der Waals surface area contributed by atoms with Crippen LogP contribution >= 0.6 is 0 Å². The molecule has 1 N–H and O–H groups in total. The van der Waals surface area contributed by atoms with E-state index < -0.39 is 12.1 Å². The first-order valence-electron chi connectivity index (χ1n) is 7.81. The fourth-order valence-electron chi connectivity index (χ4n) is 2.48. The van der Waals surface area contributed by atoms with Crippen LogP contribution in [-0.4, -0.2) is 61.0 Å². The first-order valence-corrected chi connectivity index (χ1v) is 7.81. The topological polar surface area (TPSA) is 87.2 Å². The van der Waals surface area contributed by atoms with Gasteiger partial charge in [0.25, 0.3) is 5.91 Å². The Morgan fingerprint density at radius 3 is 2.62 bits per heavy atom. The number of hydrogen-bond acceptors (Lipinski definition) is 5. The summed E-state index contributed by atoms with van der Waals surface area (Å²) < 4.78 is 5.60. The van der Waals surface area contributed by atoms with Crippen LogP contribution in [0.2, 0.25) is 0 Å². The van der Waals surface area contributed by atoms with Crippen LogP contribution in [-0.2, 0) is 9.59 Å². The van der Waals surface area contributed by atoms with Gasteiger partial charge in [0.1, 0.15) is 5.75 Å². The molecule has 1 amide bonds. The Bertz CT molecular complexity index is 656. The maximum Gasteiger partial charge on any atom is 0.303 e. The number of nitrogens with zero attached hydrogens (tertiary/aromatic N) is 2. The molecule has 130 valence electrons. The van der Waals surface area contributed by atoms with Crippen molar-refractivity contribution in [3.8, 4) is 5.75 Å². The van der Waals surface area contributed by atoms with Gasteiger partial charge < -0.3 is 19.6 Å². The van der Waals surface area contributed by atoms with Crippen molar-refractivity contribution >= 4 is 23.3 Å². The predicted octanol–water partition coefficient (Wildman–Crippen LogP) is 1.41. The SMILES string of the molecule is CC1Oc2ccc(C(=O)CCC(=O)O)cc2N(CCN(C)C)C1=O. The Kier molecular flexibility index (Phi) is 5.56. The number of amides is 1. The minimum Gasteiger partial charge on any atom is -0.481 e. The molecule has 0 aliphatic carbocycles. The quantitative estimate of drug-likeness (QED) is 0.759. The zero-order chi connectivity index (χ0) is 17.9. The first kappa shape index (κ1) is 17.9. The van der Waals surface area contributed by atoms with Gasteiger partial charge in [0.2, 0.25) is 0 Å². The fraction of sp³-hybridized carbons (Fsp3) is 0.471. The number of Topliss-reactive ketones (excluding diaryl/α,β-unsaturated/α-hetero) is 1. The number of likely N-dealkylation sites (N-methyl/N-ethyl adjacent to an activating group) is 1. The zero-order valence-corrected chi connectivity index (χ0v) is 14.1. The molecule has 0 fully saturated rings. The summed E-state index contributed by atoms with van der Waals surface area (Å²) in [6.45, 7) is 2.86. The lowest BCUT2D eigenvalue weighted by Crippen LogP contribution is -2.46. The van der Waals surface area contributed by atoms with Gasteiger partial charge in [-0.1, -0.05) is 0 Å². The highest BCUT2D eigenvalue weighted by atomic mass is 16.5. The van der Waals surface area contributed by atoms with Gasteiger partial charge in [-0.2, -0.15) is 0 Å². The van der Waals surface area contributed by atoms with Crippen molar-refractivity contribution in [2.45, 2.75) is 25.9 Å². The number of carboxylic acids is 1. The van der Waals surface area contributed by atoms with Crippen molar-refractivity contribution in [1.29, 1.82) is 0 Å². The predicted molar refractivity (Wildman–Crippen MR) is 88.6 cm³/mol. The minimum atomic E-state index is -1.01. The summed E-state index contributed by atoms with van der Waals surface area (Å²) in [6.07, 6.45) is -0.864. The van der Waals surface area contributed by atoms with Gasteiger partial charge in [0, 0.05) is 25.1 Å². The summed E-state index contributed by atoms with van der Waals surface area (Å²) in [7, 11) is 3.84. The molecule has 24 heavy (non-hydrogen) atoms. The Morgan fingerprint density at radius 2 is 2.00 bits per heavy atom. The number of carboxylic acid groups (broad SMARTS) is 1. The van der Waals surface area contributed by atoms with Crippen molar-refractivity contribution in [3.63, 3.8) is 0 Å². The number of ether oxygens (including phenoxy) is 1. The summed E-state index contributed by atoms with van der Waals surface area (Å²) in [5.41, 5.74) is 0.942. The lowest BCUT2D eigenvalue weighted by Gasteiger charge is -2.34. The maximum atomic E-state index is 12.4. The van der Waals surface area contributed by atoms with Crippen molar-refractivity contribution in [2.24, 2.45) is 0 Å². The van der Waals surface area contributed by atoms with Gasteiger partial charge in [0.05, 0.1) is 12.1 Å².